The van der Waals surface area contributed by atoms with Crippen LogP contribution in [0.4, 0.5) is 0 Å². The molecule has 1 atom stereocenters. The predicted octanol–water partition coefficient (Wildman–Crippen LogP) is 0.629. The fourth-order valence-corrected chi connectivity index (χ4v) is 2.28. The van der Waals surface area contributed by atoms with Gasteiger partial charge in [-0.25, -0.2) is 4.98 Å². The summed E-state index contributed by atoms with van der Waals surface area (Å²) in [5.74, 6) is 0.822. The lowest BCUT2D eigenvalue weighted by atomic mass is 9.92. The van der Waals surface area contributed by atoms with E-state index >= 15 is 0 Å². The first-order chi connectivity index (χ1) is 7.12. The van der Waals surface area contributed by atoms with Crippen LogP contribution in [-0.4, -0.2) is 31.5 Å². The Labute approximate surface area is 89.6 Å². The van der Waals surface area contributed by atoms with Crippen molar-refractivity contribution < 1.29 is 10.2 Å². The van der Waals surface area contributed by atoms with Crippen LogP contribution in [0.1, 0.15) is 31.5 Å². The van der Waals surface area contributed by atoms with Crippen LogP contribution in [-0.2, 0) is 13.5 Å². The van der Waals surface area contributed by atoms with Gasteiger partial charge in [-0.2, -0.15) is 0 Å². The van der Waals surface area contributed by atoms with Crippen LogP contribution in [0.2, 0.25) is 0 Å². The monoisotopic (exact) mass is 210 g/mol. The van der Waals surface area contributed by atoms with Crippen LogP contribution in [0.3, 0.4) is 0 Å². The second-order valence-corrected chi connectivity index (χ2v) is 4.48. The molecule has 1 unspecified atom stereocenters. The normalized spacial score (nSPS) is 21.8. The average molecular weight is 210 g/mol. The highest BCUT2D eigenvalue weighted by molar-refractivity contribution is 4.99. The van der Waals surface area contributed by atoms with E-state index in [1.54, 1.807) is 6.20 Å². The van der Waals surface area contributed by atoms with Crippen molar-refractivity contribution in [1.82, 2.24) is 9.55 Å². The van der Waals surface area contributed by atoms with Gasteiger partial charge in [-0.05, 0) is 12.8 Å². The van der Waals surface area contributed by atoms with Gasteiger partial charge in [0.15, 0.2) is 0 Å². The number of aliphatic hydroxyl groups is 2. The smallest absolute Gasteiger partial charge is 0.111 e. The molecule has 0 aliphatic heterocycles. The second kappa shape index (κ2) is 3.94. The van der Waals surface area contributed by atoms with Gasteiger partial charge in [0.05, 0.1) is 11.7 Å². The summed E-state index contributed by atoms with van der Waals surface area (Å²) in [6.07, 6.45) is 6.72. The topological polar surface area (TPSA) is 58.3 Å². The Kier molecular flexibility index (Phi) is 2.80. The van der Waals surface area contributed by atoms with Gasteiger partial charge < -0.3 is 14.8 Å². The lowest BCUT2D eigenvalue weighted by molar-refractivity contribution is -0.0699. The molecule has 1 saturated carbocycles. The van der Waals surface area contributed by atoms with Crippen LogP contribution >= 0.6 is 0 Å². The Morgan fingerprint density at radius 1 is 1.53 bits per heavy atom. The van der Waals surface area contributed by atoms with Crippen molar-refractivity contribution in [3.05, 3.63) is 18.2 Å². The number of hydrogen-bond acceptors (Lipinski definition) is 3. The fraction of sp³-hybridized carbons (Fsp3) is 0.727. The average Bonchev–Trinajstić information content (AvgIpc) is 2.78. The second-order valence-electron chi connectivity index (χ2n) is 4.48. The number of aromatic nitrogens is 2. The molecular formula is C11H18N2O2. The van der Waals surface area contributed by atoms with E-state index in [2.05, 4.69) is 4.98 Å². The molecule has 4 nitrogen and oxygen atoms in total. The summed E-state index contributed by atoms with van der Waals surface area (Å²) >= 11 is 0. The summed E-state index contributed by atoms with van der Waals surface area (Å²) < 4.78 is 1.88. The third kappa shape index (κ3) is 2.06. The highest BCUT2D eigenvalue weighted by atomic mass is 16.3. The summed E-state index contributed by atoms with van der Waals surface area (Å²) in [7, 11) is 1.90. The Morgan fingerprint density at radius 3 is 2.73 bits per heavy atom. The predicted molar refractivity (Wildman–Crippen MR) is 56.3 cm³/mol. The molecule has 2 N–H and O–H groups in total. The number of imidazole rings is 1. The third-order valence-electron chi connectivity index (χ3n) is 3.39. The molecule has 1 aliphatic rings. The summed E-state index contributed by atoms with van der Waals surface area (Å²) in [5, 5.41) is 20.2. The lowest BCUT2D eigenvalue weighted by Crippen LogP contribution is -2.41. The largest absolute Gasteiger partial charge is 0.390 e. The maximum Gasteiger partial charge on any atom is 0.111 e. The zero-order valence-corrected chi connectivity index (χ0v) is 9.06. The van der Waals surface area contributed by atoms with Crippen LogP contribution in [0, 0.1) is 0 Å². The minimum atomic E-state index is -0.883. The van der Waals surface area contributed by atoms with Crippen molar-refractivity contribution in [1.29, 1.82) is 0 Å². The van der Waals surface area contributed by atoms with E-state index in [-0.39, 0.29) is 0 Å². The molecule has 1 fully saturated rings. The highest BCUT2D eigenvalue weighted by Crippen LogP contribution is 2.33. The van der Waals surface area contributed by atoms with Gasteiger partial charge >= 0.3 is 0 Å². The summed E-state index contributed by atoms with van der Waals surface area (Å²) in [6, 6.07) is 0. The number of aliphatic hydroxyl groups excluding tert-OH is 1. The molecule has 0 radical (unpaired) electrons. The van der Waals surface area contributed by atoms with E-state index in [0.29, 0.717) is 19.3 Å². The standard InChI is InChI=1S/C11H18N2O2/c1-13-7-6-12-10(13)8-9(14)11(15)4-2-3-5-11/h6-7,9,14-15H,2-5,8H2,1H3. The lowest BCUT2D eigenvalue weighted by Gasteiger charge is -2.28. The summed E-state index contributed by atoms with van der Waals surface area (Å²) in [5.41, 5.74) is -0.883. The molecule has 0 aromatic carbocycles. The molecule has 0 saturated heterocycles. The van der Waals surface area contributed by atoms with Crippen molar-refractivity contribution >= 4 is 0 Å². The van der Waals surface area contributed by atoms with Gasteiger partial charge in [-0.1, -0.05) is 12.8 Å². The maximum atomic E-state index is 10.2. The number of aryl methyl sites for hydroxylation is 1. The van der Waals surface area contributed by atoms with Gasteiger partial charge in [0.1, 0.15) is 5.82 Å². The molecule has 0 spiro atoms. The zero-order valence-electron chi connectivity index (χ0n) is 9.06. The Bertz CT molecular complexity index is 329. The van der Waals surface area contributed by atoms with Crippen LogP contribution in [0.15, 0.2) is 12.4 Å². The van der Waals surface area contributed by atoms with E-state index in [4.69, 9.17) is 0 Å². The first kappa shape index (κ1) is 10.6. The van der Waals surface area contributed by atoms with E-state index < -0.39 is 11.7 Å². The van der Waals surface area contributed by atoms with Crippen LogP contribution < -0.4 is 0 Å². The SMILES string of the molecule is Cn1ccnc1CC(O)C1(O)CCCC1. The first-order valence-corrected chi connectivity index (χ1v) is 5.48. The molecule has 1 heterocycles. The number of hydrogen-bond donors (Lipinski definition) is 2. The molecule has 84 valence electrons. The van der Waals surface area contributed by atoms with E-state index in [0.717, 1.165) is 18.7 Å². The van der Waals surface area contributed by atoms with Crippen molar-refractivity contribution in [2.45, 2.75) is 43.8 Å². The molecule has 15 heavy (non-hydrogen) atoms. The molecule has 1 aromatic rings. The molecule has 0 bridgehead atoms. The Hall–Kier alpha value is -0.870. The molecular weight excluding hydrogens is 192 g/mol. The van der Waals surface area contributed by atoms with E-state index in [9.17, 15) is 10.2 Å². The third-order valence-corrected chi connectivity index (χ3v) is 3.39. The van der Waals surface area contributed by atoms with Crippen molar-refractivity contribution in [3.8, 4) is 0 Å². The van der Waals surface area contributed by atoms with Crippen LogP contribution in [0.5, 0.6) is 0 Å². The maximum absolute atomic E-state index is 10.2. The van der Waals surface area contributed by atoms with Crippen LogP contribution in [0.25, 0.3) is 0 Å². The fourth-order valence-electron chi connectivity index (χ4n) is 2.28. The Morgan fingerprint density at radius 2 is 2.20 bits per heavy atom. The van der Waals surface area contributed by atoms with Gasteiger partial charge in [0.2, 0.25) is 0 Å². The molecule has 4 heteroatoms. The number of rotatable bonds is 3. The quantitative estimate of drug-likeness (QED) is 0.769. The Balaban J connectivity index is 2.03. The van der Waals surface area contributed by atoms with Crippen molar-refractivity contribution in [2.75, 3.05) is 0 Å². The summed E-state index contributed by atoms with van der Waals surface area (Å²) in [6.45, 7) is 0. The van der Waals surface area contributed by atoms with Gasteiger partial charge in [0.25, 0.3) is 0 Å². The molecule has 1 aliphatic carbocycles. The molecule has 0 amide bonds. The minimum Gasteiger partial charge on any atom is -0.390 e. The van der Waals surface area contributed by atoms with E-state index in [1.165, 1.54) is 0 Å². The zero-order chi connectivity index (χ0) is 10.9. The van der Waals surface area contributed by atoms with Gasteiger partial charge in [0, 0.05) is 25.9 Å². The van der Waals surface area contributed by atoms with Gasteiger partial charge in [-0.3, -0.25) is 0 Å². The molecule has 1 aromatic heterocycles. The highest BCUT2D eigenvalue weighted by Gasteiger charge is 2.38. The van der Waals surface area contributed by atoms with Gasteiger partial charge in [-0.15, -0.1) is 0 Å². The van der Waals surface area contributed by atoms with Crippen molar-refractivity contribution in [2.24, 2.45) is 7.05 Å². The van der Waals surface area contributed by atoms with E-state index in [1.807, 2.05) is 17.8 Å². The van der Waals surface area contributed by atoms with Crippen molar-refractivity contribution in [3.63, 3.8) is 0 Å². The summed E-state index contributed by atoms with van der Waals surface area (Å²) in [4.78, 5) is 4.15. The first-order valence-electron chi connectivity index (χ1n) is 5.48. The molecule has 2 rings (SSSR count). The minimum absolute atomic E-state index is 0.431. The number of nitrogens with zero attached hydrogens (tertiary/aromatic N) is 2.